The van der Waals surface area contributed by atoms with E-state index in [0.29, 0.717) is 32.1 Å². The second-order valence-electron chi connectivity index (χ2n) is 24.8. The maximum absolute atomic E-state index is 13.1. The maximum atomic E-state index is 13.1. The smallest absolute Gasteiger partial charge is 0.462 e. The van der Waals surface area contributed by atoms with E-state index < -0.39 is 97.5 Å². The van der Waals surface area contributed by atoms with Crippen molar-refractivity contribution in [3.63, 3.8) is 0 Å². The van der Waals surface area contributed by atoms with Gasteiger partial charge in [-0.2, -0.15) is 0 Å². The van der Waals surface area contributed by atoms with Gasteiger partial charge in [-0.05, 0) is 161 Å². The summed E-state index contributed by atoms with van der Waals surface area (Å²) in [5.74, 6) is -2.43. The number of rotatable bonds is 70. The summed E-state index contributed by atoms with van der Waals surface area (Å²) in [6.07, 6.45) is 91.7. The molecule has 0 aromatic rings. The molecular weight excluding hydrogens is 1350 g/mol. The Labute approximate surface area is 627 Å². The lowest BCUT2D eigenvalue weighted by Crippen LogP contribution is -2.30. The minimum absolute atomic E-state index is 0.0149. The molecule has 0 fully saturated rings. The van der Waals surface area contributed by atoms with Gasteiger partial charge < -0.3 is 33.8 Å². The molecule has 3 N–H and O–H groups in total. The quantitative estimate of drug-likeness (QED) is 0.0169. The molecule has 0 bridgehead atoms. The monoisotopic (exact) mass is 1490 g/mol. The molecule has 0 radical (unpaired) electrons. The third kappa shape index (κ3) is 74.2. The van der Waals surface area contributed by atoms with Crippen molar-refractivity contribution in [3.8, 4) is 0 Å². The summed E-state index contributed by atoms with van der Waals surface area (Å²) in [7, 11) is -10.0. The zero-order valence-corrected chi connectivity index (χ0v) is 65.6. The molecule has 5 unspecified atom stereocenters. The predicted molar refractivity (Wildman–Crippen MR) is 426 cm³/mol. The first-order chi connectivity index (χ1) is 50.7. The summed E-state index contributed by atoms with van der Waals surface area (Å²) in [6, 6.07) is 0. The Bertz CT molecular complexity index is 2740. The van der Waals surface area contributed by atoms with Crippen LogP contribution in [0.1, 0.15) is 259 Å². The summed E-state index contributed by atoms with van der Waals surface area (Å²) in [6.45, 7) is 4.18. The fourth-order valence-electron chi connectivity index (χ4n) is 9.35. The van der Waals surface area contributed by atoms with E-state index in [2.05, 4.69) is 192 Å². The molecule has 0 aromatic carbocycles. The van der Waals surface area contributed by atoms with Gasteiger partial charge in [-0.1, -0.05) is 267 Å². The Balaban J connectivity index is 5.50. The van der Waals surface area contributed by atoms with Gasteiger partial charge >= 0.3 is 39.5 Å². The summed E-state index contributed by atoms with van der Waals surface area (Å²) in [5, 5.41) is 10.6. The third-order valence-corrected chi connectivity index (χ3v) is 17.0. The number of allylic oxidation sites excluding steroid dienone is 31. The van der Waals surface area contributed by atoms with Crippen molar-refractivity contribution in [1.82, 2.24) is 0 Å². The second-order valence-corrected chi connectivity index (χ2v) is 27.7. The van der Waals surface area contributed by atoms with Gasteiger partial charge in [-0.15, -0.1) is 0 Å². The van der Waals surface area contributed by atoms with E-state index in [1.165, 1.54) is 0 Å². The highest BCUT2D eigenvalue weighted by Crippen LogP contribution is 2.45. The summed E-state index contributed by atoms with van der Waals surface area (Å²) < 4.78 is 68.3. The number of unbranched alkanes of at least 4 members (excludes halogenated alkanes) is 13. The van der Waals surface area contributed by atoms with Gasteiger partial charge in [-0.3, -0.25) is 37.3 Å². The second kappa shape index (κ2) is 75.1. The molecular formula is C85H134O17P2. The molecule has 0 saturated heterocycles. The number of carbonyl (C=O) groups is 4. The van der Waals surface area contributed by atoms with Crippen LogP contribution in [0.3, 0.4) is 0 Å². The number of aliphatic hydroxyl groups excluding tert-OH is 1. The number of ether oxygens (including phenoxy) is 4. The molecule has 0 saturated carbocycles. The van der Waals surface area contributed by atoms with Crippen LogP contribution in [0.4, 0.5) is 0 Å². The van der Waals surface area contributed by atoms with Crippen molar-refractivity contribution in [3.05, 3.63) is 194 Å². The van der Waals surface area contributed by atoms with Gasteiger partial charge in [0.05, 0.1) is 32.8 Å². The van der Waals surface area contributed by atoms with Crippen LogP contribution in [0, 0.1) is 0 Å². The normalized spacial score (nSPS) is 15.0. The average Bonchev–Trinajstić information content (AvgIpc) is 0.912. The van der Waals surface area contributed by atoms with Crippen LogP contribution in [0.25, 0.3) is 0 Å². The molecule has 19 heteroatoms. The third-order valence-electron chi connectivity index (χ3n) is 15.1. The van der Waals surface area contributed by atoms with Crippen molar-refractivity contribution in [2.75, 3.05) is 39.6 Å². The molecule has 0 aromatic heterocycles. The average molecular weight is 1490 g/mol. The minimum atomic E-state index is -5.02. The van der Waals surface area contributed by atoms with E-state index in [0.717, 1.165) is 173 Å². The van der Waals surface area contributed by atoms with Gasteiger partial charge in [0.1, 0.15) is 19.3 Å². The van der Waals surface area contributed by atoms with Crippen molar-refractivity contribution < 1.29 is 80.2 Å². The number of phosphoric acid groups is 2. The van der Waals surface area contributed by atoms with Crippen molar-refractivity contribution >= 4 is 39.5 Å². The number of aliphatic hydroxyl groups is 1. The molecule has 104 heavy (non-hydrogen) atoms. The highest BCUT2D eigenvalue weighted by Gasteiger charge is 2.30. The summed E-state index contributed by atoms with van der Waals surface area (Å²) >= 11 is 0. The first kappa shape index (κ1) is 97.9. The standard InChI is InChI=1S/C85H134O17P2/c1-5-9-13-17-21-25-29-33-37-38-39-40-44-46-50-54-58-62-66-70-83(88)96-76-81(102-85(90)72-68-64-60-56-52-48-43-36-32-28-24-20-16-12-8-4)78-100-104(93,94)98-74-79(86)73-97-103(91,92)99-77-80(101-84(89)71-67-63-59-55-51-47-42-35-31-27-23-19-15-11-7-3)75-95-82(87)69-65-61-57-53-49-45-41-34-30-26-22-18-14-10-6-2/h9-16,21-28,33-37,39-43,49,51,53,55,61,65,79-81,86H,5-8,17-20,29-32,38,44-48,50,52,54,56-60,62-64,66-78H2,1-4H3,(H,91,92)(H,93,94)/b13-9-,14-10-,15-11-,16-12-,25-21-,26-22-,27-23-,28-24-,37-33-,40-39-,41-34-,42-35-,43-36-,53-49-,55-51-,65-61-. The molecule has 0 aliphatic carbocycles. The van der Waals surface area contributed by atoms with Crippen LogP contribution in [-0.4, -0.2) is 96.7 Å². The molecule has 0 amide bonds. The Morgan fingerprint density at radius 1 is 0.279 bits per heavy atom. The molecule has 0 rings (SSSR count). The molecule has 17 nitrogen and oxygen atoms in total. The molecule has 0 aliphatic rings. The van der Waals surface area contributed by atoms with Gasteiger partial charge in [0.2, 0.25) is 0 Å². The van der Waals surface area contributed by atoms with E-state index >= 15 is 0 Å². The lowest BCUT2D eigenvalue weighted by Gasteiger charge is -2.21. The predicted octanol–water partition coefficient (Wildman–Crippen LogP) is 22.5. The molecule has 586 valence electrons. The van der Waals surface area contributed by atoms with Gasteiger partial charge in [0, 0.05) is 19.3 Å². The van der Waals surface area contributed by atoms with Gasteiger partial charge in [-0.25, -0.2) is 9.13 Å². The molecule has 0 spiro atoms. The van der Waals surface area contributed by atoms with Crippen molar-refractivity contribution in [2.24, 2.45) is 0 Å². The van der Waals surface area contributed by atoms with E-state index in [9.17, 15) is 43.2 Å². The zero-order chi connectivity index (χ0) is 76.0. The van der Waals surface area contributed by atoms with Gasteiger partial charge in [0.15, 0.2) is 12.2 Å². The van der Waals surface area contributed by atoms with E-state index in [-0.39, 0.29) is 25.7 Å². The number of carbonyl (C=O) groups excluding carboxylic acids is 4. The first-order valence-corrected chi connectivity index (χ1v) is 41.7. The number of phosphoric ester groups is 2. The lowest BCUT2D eigenvalue weighted by atomic mass is 10.1. The minimum Gasteiger partial charge on any atom is -0.462 e. The van der Waals surface area contributed by atoms with Crippen molar-refractivity contribution in [2.45, 2.75) is 277 Å². The van der Waals surface area contributed by atoms with E-state index in [1.54, 1.807) is 6.08 Å². The molecule has 0 aliphatic heterocycles. The summed E-state index contributed by atoms with van der Waals surface area (Å²) in [4.78, 5) is 72.9. The Morgan fingerprint density at radius 2 is 0.510 bits per heavy atom. The van der Waals surface area contributed by atoms with E-state index in [1.807, 2.05) is 24.3 Å². The lowest BCUT2D eigenvalue weighted by molar-refractivity contribution is -0.161. The number of hydrogen-bond donors (Lipinski definition) is 3. The highest BCUT2D eigenvalue weighted by molar-refractivity contribution is 7.47. The Morgan fingerprint density at radius 3 is 0.827 bits per heavy atom. The fourth-order valence-corrected chi connectivity index (χ4v) is 10.9. The van der Waals surface area contributed by atoms with Crippen LogP contribution in [-0.2, 0) is 65.4 Å². The van der Waals surface area contributed by atoms with Gasteiger partial charge in [0.25, 0.3) is 0 Å². The fraction of sp³-hybridized carbons (Fsp3) is 0.576. The topological polar surface area (TPSA) is 237 Å². The first-order valence-electron chi connectivity index (χ1n) is 38.7. The largest absolute Gasteiger partial charge is 0.472 e. The molecule has 5 atom stereocenters. The van der Waals surface area contributed by atoms with Crippen LogP contribution in [0.5, 0.6) is 0 Å². The van der Waals surface area contributed by atoms with Crippen LogP contribution in [0.15, 0.2) is 194 Å². The van der Waals surface area contributed by atoms with Crippen LogP contribution >= 0.6 is 15.6 Å². The number of hydrogen-bond acceptors (Lipinski definition) is 15. The maximum Gasteiger partial charge on any atom is 0.472 e. The van der Waals surface area contributed by atoms with Crippen molar-refractivity contribution in [1.29, 1.82) is 0 Å². The Kier molecular flexibility index (Phi) is 70.7. The van der Waals surface area contributed by atoms with Crippen LogP contribution < -0.4 is 0 Å². The Hall–Kier alpha value is -6.10. The number of esters is 4. The van der Waals surface area contributed by atoms with E-state index in [4.69, 9.17) is 37.0 Å². The molecule has 0 heterocycles. The SMILES string of the molecule is CC/C=C\C/C=C\C/C=C\C/C=C\C/C=C\CC(=O)OCC(COP(=O)(O)OCC(O)COP(=O)(O)OCC(COC(=O)CCCCCCCC/C=C\C/C=C\C/C=C\C/C=C\CC)OC(=O)CCCCCCC/C=C\C/C=C\C/C=C\CC)OC(=O)CCCC/C=C\C/C=C\C/C=C\C/C=C\CC. The summed E-state index contributed by atoms with van der Waals surface area (Å²) in [5.41, 5.74) is 0. The highest BCUT2D eigenvalue weighted by atomic mass is 31.2. The zero-order valence-electron chi connectivity index (χ0n) is 63.9. The van der Waals surface area contributed by atoms with Crippen LogP contribution in [0.2, 0.25) is 0 Å².